The predicted octanol–water partition coefficient (Wildman–Crippen LogP) is 2.71. The molecule has 27 heavy (non-hydrogen) atoms. The van der Waals surface area contributed by atoms with Gasteiger partial charge in [0.1, 0.15) is 5.60 Å². The van der Waals surface area contributed by atoms with Crippen LogP contribution in [0.2, 0.25) is 0 Å². The summed E-state index contributed by atoms with van der Waals surface area (Å²) in [5.74, 6) is 1.57. The first-order chi connectivity index (χ1) is 12.8. The van der Waals surface area contributed by atoms with E-state index >= 15 is 0 Å². The number of piperidine rings is 1. The van der Waals surface area contributed by atoms with Gasteiger partial charge >= 0.3 is 6.09 Å². The minimum absolute atomic E-state index is 0.160. The van der Waals surface area contributed by atoms with E-state index in [1.807, 2.05) is 39.6 Å². The number of rotatable bonds is 7. The SMILES string of the molecule is CCOCCNC(=NC)N1CCC(N(CC2CC2)C(=O)OC(C)(C)C)CC1. The highest BCUT2D eigenvalue weighted by molar-refractivity contribution is 5.80. The van der Waals surface area contributed by atoms with Crippen LogP contribution in [-0.2, 0) is 9.47 Å². The molecule has 1 heterocycles. The van der Waals surface area contributed by atoms with Crippen LogP contribution in [0.15, 0.2) is 4.99 Å². The molecule has 2 fully saturated rings. The Balaban J connectivity index is 1.87. The van der Waals surface area contributed by atoms with Crippen molar-refractivity contribution in [3.8, 4) is 0 Å². The lowest BCUT2D eigenvalue weighted by Crippen LogP contribution is -2.52. The summed E-state index contributed by atoms with van der Waals surface area (Å²) in [7, 11) is 1.81. The van der Waals surface area contributed by atoms with Crippen molar-refractivity contribution in [3.63, 3.8) is 0 Å². The third-order valence-electron chi connectivity index (χ3n) is 4.93. The van der Waals surface area contributed by atoms with Gasteiger partial charge in [-0.3, -0.25) is 4.99 Å². The third-order valence-corrected chi connectivity index (χ3v) is 4.93. The highest BCUT2D eigenvalue weighted by Crippen LogP contribution is 2.32. The van der Waals surface area contributed by atoms with E-state index in [4.69, 9.17) is 9.47 Å². The van der Waals surface area contributed by atoms with Crippen LogP contribution in [0.3, 0.4) is 0 Å². The van der Waals surface area contributed by atoms with E-state index in [9.17, 15) is 4.79 Å². The predicted molar refractivity (Wildman–Crippen MR) is 108 cm³/mol. The van der Waals surface area contributed by atoms with Crippen molar-refractivity contribution in [2.45, 2.75) is 65.0 Å². The van der Waals surface area contributed by atoms with Crippen LogP contribution >= 0.6 is 0 Å². The Labute approximate surface area is 164 Å². The minimum atomic E-state index is -0.452. The van der Waals surface area contributed by atoms with Crippen LogP contribution in [0.25, 0.3) is 0 Å². The molecule has 7 heteroatoms. The second-order valence-electron chi connectivity index (χ2n) is 8.47. The lowest BCUT2D eigenvalue weighted by Gasteiger charge is -2.40. The van der Waals surface area contributed by atoms with Gasteiger partial charge in [-0.05, 0) is 59.3 Å². The maximum Gasteiger partial charge on any atom is 0.410 e. The number of carbonyl (C=O) groups is 1. The molecule has 1 saturated heterocycles. The number of amides is 1. The zero-order chi connectivity index (χ0) is 19.9. The van der Waals surface area contributed by atoms with Crippen molar-refractivity contribution >= 4 is 12.1 Å². The van der Waals surface area contributed by atoms with Crippen LogP contribution < -0.4 is 5.32 Å². The minimum Gasteiger partial charge on any atom is -0.444 e. The van der Waals surface area contributed by atoms with Gasteiger partial charge in [0, 0.05) is 45.9 Å². The van der Waals surface area contributed by atoms with E-state index in [0.717, 1.165) is 51.6 Å². The number of carbonyl (C=O) groups excluding carboxylic acids is 1. The summed E-state index contributed by atoms with van der Waals surface area (Å²) in [6.07, 6.45) is 4.19. The molecule has 0 radical (unpaired) electrons. The topological polar surface area (TPSA) is 66.4 Å². The first-order valence-corrected chi connectivity index (χ1v) is 10.4. The first-order valence-electron chi connectivity index (χ1n) is 10.4. The van der Waals surface area contributed by atoms with Crippen molar-refractivity contribution in [3.05, 3.63) is 0 Å². The molecule has 0 unspecified atom stereocenters. The standard InChI is InChI=1S/C20H38N4O3/c1-6-26-14-11-22-18(21-5)23-12-9-17(10-13-23)24(15-16-7-8-16)19(25)27-20(2,3)4/h16-17H,6-15H2,1-5H3,(H,21,22). The van der Waals surface area contributed by atoms with Crippen LogP contribution in [-0.4, -0.2) is 79.9 Å². The molecule has 1 aliphatic carbocycles. The molecular formula is C20H38N4O3. The molecule has 1 amide bonds. The number of aliphatic imine (C=N–C) groups is 1. The average Bonchev–Trinajstić information content (AvgIpc) is 3.43. The normalized spacial score (nSPS) is 19.1. The van der Waals surface area contributed by atoms with Crippen LogP contribution in [0, 0.1) is 5.92 Å². The summed E-state index contributed by atoms with van der Waals surface area (Å²) in [6, 6.07) is 0.248. The summed E-state index contributed by atoms with van der Waals surface area (Å²) >= 11 is 0. The molecule has 1 saturated carbocycles. The Bertz CT molecular complexity index is 492. The number of guanidine groups is 1. The second kappa shape index (κ2) is 10.2. The summed E-state index contributed by atoms with van der Waals surface area (Å²) in [5.41, 5.74) is -0.452. The molecule has 156 valence electrons. The van der Waals surface area contributed by atoms with Gasteiger partial charge in [0.15, 0.2) is 5.96 Å². The quantitative estimate of drug-likeness (QED) is 0.417. The molecule has 2 rings (SSSR count). The maximum atomic E-state index is 12.7. The molecule has 7 nitrogen and oxygen atoms in total. The zero-order valence-electron chi connectivity index (χ0n) is 17.8. The molecule has 1 N–H and O–H groups in total. The van der Waals surface area contributed by atoms with E-state index in [0.29, 0.717) is 12.5 Å². The van der Waals surface area contributed by atoms with Crippen molar-refractivity contribution in [2.75, 3.05) is 46.4 Å². The number of nitrogens with zero attached hydrogens (tertiary/aromatic N) is 3. The van der Waals surface area contributed by atoms with Gasteiger partial charge in [-0.1, -0.05) is 0 Å². The van der Waals surface area contributed by atoms with Gasteiger partial charge in [0.05, 0.1) is 6.61 Å². The zero-order valence-corrected chi connectivity index (χ0v) is 17.8. The van der Waals surface area contributed by atoms with Crippen molar-refractivity contribution < 1.29 is 14.3 Å². The molecule has 2 aliphatic rings. The number of nitrogens with one attached hydrogen (secondary N) is 1. The lowest BCUT2D eigenvalue weighted by atomic mass is 10.0. The molecular weight excluding hydrogens is 344 g/mol. The summed E-state index contributed by atoms with van der Waals surface area (Å²) in [5, 5.41) is 3.36. The number of likely N-dealkylation sites (tertiary alicyclic amines) is 1. The largest absolute Gasteiger partial charge is 0.444 e. The van der Waals surface area contributed by atoms with Crippen LogP contribution in [0.5, 0.6) is 0 Å². The maximum absolute atomic E-state index is 12.7. The average molecular weight is 383 g/mol. The van der Waals surface area contributed by atoms with Crippen molar-refractivity contribution in [2.24, 2.45) is 10.9 Å². The number of ether oxygens (including phenoxy) is 2. The highest BCUT2D eigenvalue weighted by atomic mass is 16.6. The van der Waals surface area contributed by atoms with E-state index in [2.05, 4.69) is 15.2 Å². The Morgan fingerprint density at radius 1 is 1.22 bits per heavy atom. The van der Waals surface area contributed by atoms with Gasteiger partial charge in [0.25, 0.3) is 0 Å². The first kappa shape index (κ1) is 21.8. The number of hydrogen-bond donors (Lipinski definition) is 1. The summed E-state index contributed by atoms with van der Waals surface area (Å²) < 4.78 is 11.1. The Hall–Kier alpha value is -1.50. The fourth-order valence-corrected chi connectivity index (χ4v) is 3.37. The highest BCUT2D eigenvalue weighted by Gasteiger charge is 2.35. The fourth-order valence-electron chi connectivity index (χ4n) is 3.37. The van der Waals surface area contributed by atoms with E-state index in [1.165, 1.54) is 12.8 Å². The third kappa shape index (κ3) is 7.56. The van der Waals surface area contributed by atoms with E-state index < -0.39 is 5.60 Å². The van der Waals surface area contributed by atoms with Crippen LogP contribution in [0.1, 0.15) is 53.4 Å². The molecule has 0 spiro atoms. The van der Waals surface area contributed by atoms with Crippen LogP contribution in [0.4, 0.5) is 4.79 Å². The van der Waals surface area contributed by atoms with Gasteiger partial charge in [-0.25, -0.2) is 4.79 Å². The fraction of sp³-hybridized carbons (Fsp3) is 0.900. The Morgan fingerprint density at radius 3 is 2.41 bits per heavy atom. The van der Waals surface area contributed by atoms with Gasteiger partial charge < -0.3 is 24.6 Å². The van der Waals surface area contributed by atoms with Gasteiger partial charge in [-0.15, -0.1) is 0 Å². The van der Waals surface area contributed by atoms with Gasteiger partial charge in [0.2, 0.25) is 0 Å². The monoisotopic (exact) mass is 382 g/mol. The summed E-state index contributed by atoms with van der Waals surface area (Å²) in [6.45, 7) is 12.6. The lowest BCUT2D eigenvalue weighted by molar-refractivity contribution is 0.00926. The van der Waals surface area contributed by atoms with Crippen molar-refractivity contribution in [1.82, 2.24) is 15.1 Å². The second-order valence-corrected chi connectivity index (χ2v) is 8.47. The Kier molecular flexibility index (Phi) is 8.20. The molecule has 0 aromatic rings. The van der Waals surface area contributed by atoms with Gasteiger partial charge in [-0.2, -0.15) is 0 Å². The van der Waals surface area contributed by atoms with E-state index in [-0.39, 0.29) is 12.1 Å². The molecule has 0 atom stereocenters. The molecule has 0 bridgehead atoms. The van der Waals surface area contributed by atoms with Crippen molar-refractivity contribution in [1.29, 1.82) is 0 Å². The van der Waals surface area contributed by atoms with E-state index in [1.54, 1.807) is 0 Å². The Morgan fingerprint density at radius 2 is 1.89 bits per heavy atom. The smallest absolute Gasteiger partial charge is 0.410 e. The molecule has 0 aromatic heterocycles. The molecule has 1 aliphatic heterocycles. The number of hydrogen-bond acceptors (Lipinski definition) is 4. The molecule has 0 aromatic carbocycles. The summed E-state index contributed by atoms with van der Waals surface area (Å²) in [4.78, 5) is 21.4.